The highest BCUT2D eigenvalue weighted by Gasteiger charge is 2.25. The Kier molecular flexibility index (Phi) is 5.86. The van der Waals surface area contributed by atoms with Gasteiger partial charge in [-0.25, -0.2) is 4.39 Å². The maximum atomic E-state index is 14.1. The van der Waals surface area contributed by atoms with Gasteiger partial charge in [-0.05, 0) is 83.2 Å². The summed E-state index contributed by atoms with van der Waals surface area (Å²) >= 11 is 0. The van der Waals surface area contributed by atoms with Crippen molar-refractivity contribution in [3.05, 3.63) is 82.6 Å². The number of fused-ring (bicyclic) bond motifs is 1. The molecule has 0 radical (unpaired) electrons. The molecule has 0 bridgehead atoms. The maximum absolute atomic E-state index is 14.1. The van der Waals surface area contributed by atoms with Crippen molar-refractivity contribution < 1.29 is 28.2 Å². The van der Waals surface area contributed by atoms with Crippen LogP contribution in [0.25, 0.3) is 17.2 Å². The van der Waals surface area contributed by atoms with Crippen LogP contribution in [0.1, 0.15) is 46.8 Å². The number of halogens is 1. The fraction of sp³-hybridized carbons (Fsp3) is 0.192. The van der Waals surface area contributed by atoms with Gasteiger partial charge in [0, 0.05) is 6.42 Å². The summed E-state index contributed by atoms with van der Waals surface area (Å²) in [5.41, 5.74) is 5.78. The molecule has 0 aliphatic heterocycles. The third-order valence-electron chi connectivity index (χ3n) is 5.71. The molecule has 1 aliphatic carbocycles. The van der Waals surface area contributed by atoms with Crippen LogP contribution in [0.4, 0.5) is 4.39 Å². The third-order valence-corrected chi connectivity index (χ3v) is 5.71. The molecule has 4 rings (SSSR count). The van der Waals surface area contributed by atoms with Crippen molar-refractivity contribution in [1.82, 2.24) is 0 Å². The molecule has 0 spiro atoms. The largest absolute Gasteiger partial charge is 0.502 e. The van der Waals surface area contributed by atoms with Crippen molar-refractivity contribution in [1.29, 1.82) is 0 Å². The van der Waals surface area contributed by atoms with Crippen LogP contribution >= 0.6 is 0 Å². The summed E-state index contributed by atoms with van der Waals surface area (Å²) in [6.07, 6.45) is 5.62. The first-order chi connectivity index (χ1) is 15.4. The summed E-state index contributed by atoms with van der Waals surface area (Å²) in [7, 11) is 2.94. The van der Waals surface area contributed by atoms with Gasteiger partial charge in [0.15, 0.2) is 17.3 Å². The SMILES string of the molecule is COc1cc(C=C2C(C)=C(CCC(=O)c3ccoc3)c3cc(F)ccc32)cc(OC)c1O. The number of carbonyl (C=O) groups is 1. The topological polar surface area (TPSA) is 68.9 Å². The molecule has 0 saturated carbocycles. The first-order valence-corrected chi connectivity index (χ1v) is 10.2. The Morgan fingerprint density at radius 2 is 1.81 bits per heavy atom. The number of allylic oxidation sites excluding steroid dienone is 3. The van der Waals surface area contributed by atoms with Gasteiger partial charge < -0.3 is 19.0 Å². The molecule has 0 unspecified atom stereocenters. The lowest BCUT2D eigenvalue weighted by atomic mass is 9.98. The number of ether oxygens (including phenoxy) is 2. The van der Waals surface area contributed by atoms with E-state index in [2.05, 4.69) is 0 Å². The number of phenolic OH excluding ortho intramolecular Hbond substituents is 1. The molecule has 164 valence electrons. The number of hydrogen-bond donors (Lipinski definition) is 1. The van der Waals surface area contributed by atoms with Crippen LogP contribution in [0.15, 0.2) is 58.9 Å². The second-order valence-corrected chi connectivity index (χ2v) is 7.56. The number of Topliss-reactive ketones (excluding diaryl/α,β-unsaturated/α-hetero) is 1. The van der Waals surface area contributed by atoms with E-state index in [1.807, 2.05) is 13.0 Å². The van der Waals surface area contributed by atoms with Crippen LogP contribution in [0, 0.1) is 5.82 Å². The number of benzene rings is 2. The zero-order valence-electron chi connectivity index (χ0n) is 18.1. The van der Waals surface area contributed by atoms with E-state index in [0.717, 1.165) is 33.4 Å². The van der Waals surface area contributed by atoms with E-state index in [4.69, 9.17) is 13.9 Å². The minimum Gasteiger partial charge on any atom is -0.502 e. The van der Waals surface area contributed by atoms with Gasteiger partial charge in [0.25, 0.3) is 0 Å². The van der Waals surface area contributed by atoms with Crippen LogP contribution in [0.3, 0.4) is 0 Å². The van der Waals surface area contributed by atoms with Gasteiger partial charge in [-0.15, -0.1) is 0 Å². The molecular formula is C26H23FO5. The van der Waals surface area contributed by atoms with E-state index in [1.165, 1.54) is 38.9 Å². The first kappa shape index (κ1) is 21.4. The fourth-order valence-electron chi connectivity index (χ4n) is 4.05. The van der Waals surface area contributed by atoms with Gasteiger partial charge in [0.1, 0.15) is 12.1 Å². The normalized spacial score (nSPS) is 14.1. The number of carbonyl (C=O) groups excluding carboxylic acids is 1. The molecule has 1 heterocycles. The fourth-order valence-corrected chi connectivity index (χ4v) is 4.05. The van der Waals surface area contributed by atoms with E-state index in [1.54, 1.807) is 24.3 Å². The van der Waals surface area contributed by atoms with Gasteiger partial charge >= 0.3 is 0 Å². The zero-order valence-corrected chi connectivity index (χ0v) is 18.1. The number of ketones is 1. The highest BCUT2D eigenvalue weighted by Crippen LogP contribution is 2.45. The van der Waals surface area contributed by atoms with Crippen LogP contribution < -0.4 is 9.47 Å². The molecule has 6 heteroatoms. The van der Waals surface area contributed by atoms with E-state index < -0.39 is 0 Å². The molecule has 5 nitrogen and oxygen atoms in total. The van der Waals surface area contributed by atoms with Gasteiger partial charge in [0.2, 0.25) is 5.75 Å². The second kappa shape index (κ2) is 8.75. The third kappa shape index (κ3) is 3.91. The summed E-state index contributed by atoms with van der Waals surface area (Å²) in [5, 5.41) is 10.2. The van der Waals surface area contributed by atoms with Crippen LogP contribution in [0.5, 0.6) is 17.2 Å². The van der Waals surface area contributed by atoms with Crippen molar-refractivity contribution in [2.75, 3.05) is 14.2 Å². The summed E-state index contributed by atoms with van der Waals surface area (Å²) in [5.74, 6) is 0.158. The molecular weight excluding hydrogens is 411 g/mol. The predicted octanol–water partition coefficient (Wildman–Crippen LogP) is 6.13. The average Bonchev–Trinajstić information content (AvgIpc) is 3.41. The number of hydrogen-bond acceptors (Lipinski definition) is 5. The minimum atomic E-state index is -0.329. The average molecular weight is 434 g/mol. The molecule has 0 atom stereocenters. The Hall–Kier alpha value is -3.80. The Labute approximate surface area is 185 Å². The molecule has 1 aliphatic rings. The van der Waals surface area contributed by atoms with Gasteiger partial charge in [-0.3, -0.25) is 4.79 Å². The predicted molar refractivity (Wildman–Crippen MR) is 120 cm³/mol. The van der Waals surface area contributed by atoms with Crippen molar-refractivity contribution in [3.63, 3.8) is 0 Å². The van der Waals surface area contributed by atoms with E-state index in [9.17, 15) is 14.3 Å². The molecule has 3 aromatic rings. The maximum Gasteiger partial charge on any atom is 0.200 e. The van der Waals surface area contributed by atoms with Crippen molar-refractivity contribution in [2.24, 2.45) is 0 Å². The highest BCUT2D eigenvalue weighted by atomic mass is 19.1. The van der Waals surface area contributed by atoms with Crippen molar-refractivity contribution in [2.45, 2.75) is 19.8 Å². The molecule has 1 N–H and O–H groups in total. The van der Waals surface area contributed by atoms with Gasteiger partial charge in [0.05, 0.1) is 26.0 Å². The summed E-state index contributed by atoms with van der Waals surface area (Å²) in [6, 6.07) is 9.75. The van der Waals surface area contributed by atoms with E-state index in [-0.39, 0.29) is 23.8 Å². The number of aromatic hydroxyl groups is 1. The number of methoxy groups -OCH3 is 2. The lowest BCUT2D eigenvalue weighted by Gasteiger charge is -2.11. The molecule has 32 heavy (non-hydrogen) atoms. The number of phenols is 1. The van der Waals surface area contributed by atoms with Gasteiger partial charge in [-0.1, -0.05) is 6.07 Å². The first-order valence-electron chi connectivity index (χ1n) is 10.2. The minimum absolute atomic E-state index is 0.0255. The monoisotopic (exact) mass is 434 g/mol. The van der Waals surface area contributed by atoms with Crippen molar-refractivity contribution in [3.8, 4) is 17.2 Å². The highest BCUT2D eigenvalue weighted by molar-refractivity contribution is 6.06. The summed E-state index contributed by atoms with van der Waals surface area (Å²) < 4.78 is 29.6. The molecule has 1 aromatic heterocycles. The van der Waals surface area contributed by atoms with Crippen LogP contribution in [0.2, 0.25) is 0 Å². The van der Waals surface area contributed by atoms with Crippen LogP contribution in [-0.4, -0.2) is 25.1 Å². The van der Waals surface area contributed by atoms with Crippen molar-refractivity contribution >= 4 is 23.0 Å². The summed E-state index contributed by atoms with van der Waals surface area (Å²) in [4.78, 5) is 12.5. The van der Waals surface area contributed by atoms with E-state index in [0.29, 0.717) is 23.5 Å². The van der Waals surface area contributed by atoms with E-state index >= 15 is 0 Å². The smallest absolute Gasteiger partial charge is 0.200 e. The van der Waals surface area contributed by atoms with Gasteiger partial charge in [-0.2, -0.15) is 0 Å². The lowest BCUT2D eigenvalue weighted by molar-refractivity contribution is 0.0983. The molecule has 2 aromatic carbocycles. The Morgan fingerprint density at radius 1 is 1.09 bits per heavy atom. The molecule has 0 fully saturated rings. The quantitative estimate of drug-likeness (QED) is 0.453. The Balaban J connectivity index is 1.75. The number of furan rings is 1. The summed E-state index contributed by atoms with van der Waals surface area (Å²) in [6.45, 7) is 1.97. The molecule has 0 saturated heterocycles. The van der Waals surface area contributed by atoms with Crippen LogP contribution in [-0.2, 0) is 0 Å². The standard InChI is InChI=1S/C26H23FO5/c1-15-19(6-7-23(28)17-8-9-32-14-17)22-13-18(27)4-5-20(22)21(15)10-16-11-24(30-2)26(29)25(12-16)31-3/h4-5,8-14,29H,6-7H2,1-3H3. The second-order valence-electron chi connectivity index (χ2n) is 7.56. The Bertz CT molecular complexity index is 1210. The Morgan fingerprint density at radius 3 is 2.44 bits per heavy atom. The number of rotatable bonds is 7. The zero-order chi connectivity index (χ0) is 22.8. The molecule has 0 amide bonds. The lowest BCUT2D eigenvalue weighted by Crippen LogP contribution is -1.98.